The molecule has 0 spiro atoms. The molecule has 2 aromatic rings. The van der Waals surface area contributed by atoms with Gasteiger partial charge in [-0.25, -0.2) is 4.79 Å². The third kappa shape index (κ3) is 2.03. The topological polar surface area (TPSA) is 78.8 Å². The summed E-state index contributed by atoms with van der Waals surface area (Å²) in [5.74, 6) is -0.521. The van der Waals surface area contributed by atoms with Crippen LogP contribution in [0.3, 0.4) is 0 Å². The van der Waals surface area contributed by atoms with Gasteiger partial charge in [-0.2, -0.15) is 0 Å². The van der Waals surface area contributed by atoms with Crippen molar-refractivity contribution in [2.24, 2.45) is 0 Å². The molecule has 5 nitrogen and oxygen atoms in total. The highest BCUT2D eigenvalue weighted by Crippen LogP contribution is 2.39. The summed E-state index contributed by atoms with van der Waals surface area (Å²) < 4.78 is 5.43. The Morgan fingerprint density at radius 3 is 3.00 bits per heavy atom. The number of phenolic OH excluding ortho intramolecular Hbond substituents is 1. The molecule has 1 aliphatic heterocycles. The van der Waals surface area contributed by atoms with E-state index >= 15 is 0 Å². The van der Waals surface area contributed by atoms with Gasteiger partial charge in [0, 0.05) is 23.1 Å². The van der Waals surface area contributed by atoms with Gasteiger partial charge in [0.2, 0.25) is 0 Å². The molecule has 2 heterocycles. The van der Waals surface area contributed by atoms with Gasteiger partial charge in [-0.1, -0.05) is 6.07 Å². The van der Waals surface area contributed by atoms with Crippen LogP contribution < -0.4 is 10.1 Å². The first kappa shape index (κ1) is 13.0. The molecule has 104 valence electrons. The van der Waals surface area contributed by atoms with Crippen LogP contribution in [0.2, 0.25) is 0 Å². The fourth-order valence-corrected chi connectivity index (χ4v) is 2.94. The maximum absolute atomic E-state index is 11.7. The summed E-state index contributed by atoms with van der Waals surface area (Å²) in [5, 5.41) is 24.1. The molecule has 1 aromatic heterocycles. The zero-order chi connectivity index (χ0) is 14.2. The Kier molecular flexibility index (Phi) is 3.11. The zero-order valence-electron chi connectivity index (χ0n) is 10.5. The lowest BCUT2D eigenvalue weighted by Gasteiger charge is -2.24. The van der Waals surface area contributed by atoms with Crippen molar-refractivity contribution in [3.63, 3.8) is 0 Å². The number of aliphatic carboxylic acids is 1. The van der Waals surface area contributed by atoms with Gasteiger partial charge in [0.15, 0.2) is 5.54 Å². The number of aromatic hydroxyl groups is 1. The van der Waals surface area contributed by atoms with E-state index in [1.54, 1.807) is 17.4 Å². The van der Waals surface area contributed by atoms with Crippen LogP contribution in [0.5, 0.6) is 11.5 Å². The third-order valence-electron chi connectivity index (χ3n) is 3.38. The number of phenols is 1. The fraction of sp³-hybridized carbons (Fsp3) is 0.214. The van der Waals surface area contributed by atoms with E-state index in [1.165, 1.54) is 12.1 Å². The Morgan fingerprint density at radius 1 is 1.45 bits per heavy atom. The molecule has 1 aliphatic rings. The van der Waals surface area contributed by atoms with Crippen molar-refractivity contribution in [3.05, 3.63) is 46.2 Å². The van der Waals surface area contributed by atoms with E-state index in [2.05, 4.69) is 5.32 Å². The fourth-order valence-electron chi connectivity index (χ4n) is 2.30. The van der Waals surface area contributed by atoms with E-state index in [-0.39, 0.29) is 12.4 Å². The molecule has 0 aliphatic carbocycles. The SMILES string of the molecule is O=C(O)C1(NCc2cccs2)COc2cc(O)ccc21. The third-order valence-corrected chi connectivity index (χ3v) is 4.26. The molecule has 1 atom stereocenters. The number of fused-ring (bicyclic) bond motifs is 1. The molecule has 0 radical (unpaired) electrons. The van der Waals surface area contributed by atoms with Crippen LogP contribution in [0.4, 0.5) is 0 Å². The first-order valence-electron chi connectivity index (χ1n) is 6.09. The second kappa shape index (κ2) is 4.81. The molecule has 0 saturated heterocycles. The molecule has 1 aromatic carbocycles. The normalized spacial score (nSPS) is 20.4. The van der Waals surface area contributed by atoms with Crippen LogP contribution in [-0.4, -0.2) is 22.8 Å². The van der Waals surface area contributed by atoms with Crippen LogP contribution in [0, 0.1) is 0 Å². The second-order valence-corrected chi connectivity index (χ2v) is 5.64. The average Bonchev–Trinajstić information content (AvgIpc) is 3.03. The number of benzene rings is 1. The Balaban J connectivity index is 1.93. The summed E-state index contributed by atoms with van der Waals surface area (Å²) in [4.78, 5) is 12.8. The average molecular weight is 291 g/mol. The minimum absolute atomic E-state index is 0.00644. The highest BCUT2D eigenvalue weighted by Gasteiger charge is 2.47. The lowest BCUT2D eigenvalue weighted by Crippen LogP contribution is -2.50. The number of nitrogens with one attached hydrogen (secondary N) is 1. The molecule has 0 saturated carbocycles. The molecule has 6 heteroatoms. The van der Waals surface area contributed by atoms with Gasteiger partial charge in [0.1, 0.15) is 18.1 Å². The number of ether oxygens (including phenoxy) is 1. The number of carboxylic acids is 1. The van der Waals surface area contributed by atoms with Gasteiger partial charge in [-0.3, -0.25) is 5.32 Å². The summed E-state index contributed by atoms with van der Waals surface area (Å²) in [6.07, 6.45) is 0. The molecular formula is C14H13NO4S. The van der Waals surface area contributed by atoms with Gasteiger partial charge in [0.25, 0.3) is 0 Å². The van der Waals surface area contributed by atoms with Crippen molar-refractivity contribution in [3.8, 4) is 11.5 Å². The molecule has 0 bridgehead atoms. The number of hydrogen-bond acceptors (Lipinski definition) is 5. The van der Waals surface area contributed by atoms with Crippen LogP contribution in [-0.2, 0) is 16.9 Å². The summed E-state index contributed by atoms with van der Waals surface area (Å²) in [5.41, 5.74) is -0.730. The highest BCUT2D eigenvalue weighted by molar-refractivity contribution is 7.09. The molecule has 1 unspecified atom stereocenters. The minimum Gasteiger partial charge on any atom is -0.508 e. The Labute approximate surface area is 119 Å². The van der Waals surface area contributed by atoms with Gasteiger partial charge < -0.3 is 14.9 Å². The lowest BCUT2D eigenvalue weighted by molar-refractivity contribution is -0.145. The van der Waals surface area contributed by atoms with Crippen molar-refractivity contribution in [2.75, 3.05) is 6.61 Å². The van der Waals surface area contributed by atoms with Crippen molar-refractivity contribution in [1.29, 1.82) is 0 Å². The Bertz CT molecular complexity index is 641. The molecule has 0 amide bonds. The zero-order valence-corrected chi connectivity index (χ0v) is 11.3. The van der Waals surface area contributed by atoms with Crippen molar-refractivity contribution < 1.29 is 19.7 Å². The smallest absolute Gasteiger partial charge is 0.332 e. The van der Waals surface area contributed by atoms with E-state index in [4.69, 9.17) is 4.74 Å². The minimum atomic E-state index is -1.27. The monoisotopic (exact) mass is 291 g/mol. The van der Waals surface area contributed by atoms with E-state index in [1.807, 2.05) is 17.5 Å². The van der Waals surface area contributed by atoms with E-state index in [9.17, 15) is 15.0 Å². The van der Waals surface area contributed by atoms with Gasteiger partial charge in [0.05, 0.1) is 0 Å². The summed E-state index contributed by atoms with van der Waals surface area (Å²) in [7, 11) is 0. The van der Waals surface area contributed by atoms with E-state index in [0.717, 1.165) is 4.88 Å². The predicted octanol–water partition coefficient (Wildman–Crippen LogP) is 1.92. The van der Waals surface area contributed by atoms with Crippen molar-refractivity contribution >= 4 is 17.3 Å². The number of thiophene rings is 1. The molecular weight excluding hydrogens is 278 g/mol. The van der Waals surface area contributed by atoms with E-state index < -0.39 is 11.5 Å². The predicted molar refractivity (Wildman–Crippen MR) is 74.1 cm³/mol. The molecule has 20 heavy (non-hydrogen) atoms. The molecule has 3 rings (SSSR count). The first-order valence-corrected chi connectivity index (χ1v) is 6.97. The van der Waals surface area contributed by atoms with E-state index in [0.29, 0.717) is 17.9 Å². The standard InChI is InChI=1S/C14H13NO4S/c16-9-3-4-11-12(6-9)19-8-14(11,13(17)18)15-7-10-2-1-5-20-10/h1-6,15-16H,7-8H2,(H,17,18). The molecule has 3 N–H and O–H groups in total. The van der Waals surface area contributed by atoms with Gasteiger partial charge in [-0.05, 0) is 23.6 Å². The van der Waals surface area contributed by atoms with Crippen molar-refractivity contribution in [2.45, 2.75) is 12.1 Å². The number of carbonyl (C=O) groups is 1. The Morgan fingerprint density at radius 2 is 2.30 bits per heavy atom. The van der Waals surface area contributed by atoms with Crippen LogP contribution in [0.25, 0.3) is 0 Å². The largest absolute Gasteiger partial charge is 0.508 e. The maximum atomic E-state index is 11.7. The first-order chi connectivity index (χ1) is 9.62. The lowest BCUT2D eigenvalue weighted by atomic mass is 9.92. The summed E-state index contributed by atoms with van der Waals surface area (Å²) in [6.45, 7) is 0.458. The maximum Gasteiger partial charge on any atom is 0.332 e. The summed E-state index contributed by atoms with van der Waals surface area (Å²) in [6, 6.07) is 8.37. The molecule has 0 fully saturated rings. The van der Waals surface area contributed by atoms with Crippen LogP contribution >= 0.6 is 11.3 Å². The number of rotatable bonds is 4. The van der Waals surface area contributed by atoms with Crippen LogP contribution in [0.1, 0.15) is 10.4 Å². The second-order valence-electron chi connectivity index (χ2n) is 4.61. The summed E-state index contributed by atoms with van der Waals surface area (Å²) >= 11 is 1.56. The van der Waals surface area contributed by atoms with Gasteiger partial charge >= 0.3 is 5.97 Å². The number of carboxylic acid groups (broad SMARTS) is 1. The van der Waals surface area contributed by atoms with Crippen molar-refractivity contribution in [1.82, 2.24) is 5.32 Å². The van der Waals surface area contributed by atoms with Crippen LogP contribution in [0.15, 0.2) is 35.7 Å². The number of hydrogen-bond donors (Lipinski definition) is 3. The Hall–Kier alpha value is -2.05. The quantitative estimate of drug-likeness (QED) is 0.802. The van der Waals surface area contributed by atoms with Gasteiger partial charge in [-0.15, -0.1) is 11.3 Å². The highest BCUT2D eigenvalue weighted by atomic mass is 32.1.